The number of benzene rings is 2. The maximum absolute atomic E-state index is 14.1. The molecular weight excluding hydrogens is 612 g/mol. The molecule has 0 saturated carbocycles. The summed E-state index contributed by atoms with van der Waals surface area (Å²) in [5.74, 6) is -3.00. The van der Waals surface area contributed by atoms with E-state index in [4.69, 9.17) is 27.7 Å². The second kappa shape index (κ2) is 18.9. The molecule has 1 aliphatic heterocycles. The second-order valence-corrected chi connectivity index (χ2v) is 13.0. The lowest BCUT2D eigenvalue weighted by atomic mass is 9.84. The van der Waals surface area contributed by atoms with Crippen molar-refractivity contribution in [2.24, 2.45) is 45.7 Å². The highest BCUT2D eigenvalue weighted by Crippen LogP contribution is 2.27. The topological polar surface area (TPSA) is 226 Å². The summed E-state index contributed by atoms with van der Waals surface area (Å²) in [6.07, 6.45) is 2.92. The quantitative estimate of drug-likeness (QED) is 0.0733. The molecule has 0 radical (unpaired) electrons. The van der Waals surface area contributed by atoms with Gasteiger partial charge in [-0.3, -0.25) is 24.2 Å². The number of Topliss-reactive ketones (excluding diaryl/α,β-unsaturated/α-hetero) is 2. The number of carbonyl (C=O) groups is 4. The number of rotatable bonds is 19. The first-order valence-corrected chi connectivity index (χ1v) is 16.7. The Hall–Kier alpha value is -4.29. The molecule has 0 unspecified atom stereocenters. The van der Waals surface area contributed by atoms with Crippen molar-refractivity contribution in [3.8, 4) is 5.75 Å². The molecule has 2 aromatic rings. The van der Waals surface area contributed by atoms with Gasteiger partial charge in [0.1, 0.15) is 11.5 Å². The Morgan fingerprint density at radius 2 is 1.56 bits per heavy atom. The van der Waals surface area contributed by atoms with E-state index in [2.05, 4.69) is 10.3 Å². The van der Waals surface area contributed by atoms with Crippen molar-refractivity contribution >= 4 is 29.3 Å². The average molecular weight is 665 g/mol. The Balaban J connectivity index is 1.85. The number of phenolic OH excluding ortho intramolecular Hbond substituents is 1. The molecule has 0 aromatic heterocycles. The van der Waals surface area contributed by atoms with E-state index in [-0.39, 0.29) is 48.5 Å². The van der Waals surface area contributed by atoms with Crippen molar-refractivity contribution in [3.63, 3.8) is 0 Å². The number of hydrogen-bond donors (Lipinski definition) is 6. The van der Waals surface area contributed by atoms with E-state index >= 15 is 0 Å². The lowest BCUT2D eigenvalue weighted by Gasteiger charge is -2.29. The molecule has 262 valence electrons. The summed E-state index contributed by atoms with van der Waals surface area (Å²) in [4.78, 5) is 57.8. The molecule has 0 spiro atoms. The number of aromatic hydroxyl groups is 1. The van der Waals surface area contributed by atoms with Gasteiger partial charge in [-0.2, -0.15) is 0 Å². The third-order valence-electron chi connectivity index (χ3n) is 9.12. The van der Waals surface area contributed by atoms with Crippen LogP contribution in [0.5, 0.6) is 5.75 Å². The molecule has 2 aromatic carbocycles. The fraction of sp³-hybridized carbons (Fsp3) is 0.528. The van der Waals surface area contributed by atoms with E-state index in [1.165, 1.54) is 0 Å². The third-order valence-corrected chi connectivity index (χ3v) is 9.12. The monoisotopic (exact) mass is 664 g/mol. The van der Waals surface area contributed by atoms with Gasteiger partial charge in [0.05, 0.1) is 12.1 Å². The van der Waals surface area contributed by atoms with Gasteiger partial charge in [-0.15, -0.1) is 0 Å². The number of amides is 2. The van der Waals surface area contributed by atoms with Crippen LogP contribution in [-0.4, -0.2) is 66.3 Å². The number of ketones is 2. The number of hydrogen-bond acceptors (Lipinski definition) is 8. The number of phenols is 1. The van der Waals surface area contributed by atoms with Crippen molar-refractivity contribution in [2.75, 3.05) is 19.8 Å². The first-order valence-electron chi connectivity index (χ1n) is 16.7. The molecular formula is C36H52N6O6. The number of nitrogens with two attached hydrogens (primary N) is 4. The molecule has 10 N–H and O–H groups in total. The van der Waals surface area contributed by atoms with E-state index in [0.29, 0.717) is 45.4 Å². The summed E-state index contributed by atoms with van der Waals surface area (Å²) in [6, 6.07) is 10.9. The zero-order valence-electron chi connectivity index (χ0n) is 28.2. The molecule has 4 atom stereocenters. The highest BCUT2D eigenvalue weighted by atomic mass is 16.5. The Morgan fingerprint density at radius 1 is 0.938 bits per heavy atom. The first-order chi connectivity index (χ1) is 22.8. The van der Waals surface area contributed by atoms with Crippen molar-refractivity contribution in [1.29, 1.82) is 0 Å². The number of aryl methyl sites for hydroxylation is 2. The molecule has 3 rings (SSSR count). The summed E-state index contributed by atoms with van der Waals surface area (Å²) in [5.41, 5.74) is 26.0. The standard InChI is InChI=1S/C36H52N6O6/c1-22-15-28(43)16-23(2)29(22)19-27(21-32(44)30(37)9-6-12-41-36(39)40)35(47)42-31(18-25-10-13-48-14-11-25)33(45)20-26(34(38)46)17-24-7-4-3-5-8-24/h3-5,7-8,15-16,25-27,30-31,43H,6,9-14,17-21,37H2,1-2H3,(H2,38,46)(H,42,47)(H4,39,40,41)/t26-,27-,30-,31+/m1/s1. The molecule has 12 heteroatoms. The maximum Gasteiger partial charge on any atom is 0.224 e. The van der Waals surface area contributed by atoms with Gasteiger partial charge in [0.25, 0.3) is 0 Å². The van der Waals surface area contributed by atoms with Crippen LogP contribution >= 0.6 is 0 Å². The Labute approximate surface area is 283 Å². The number of aliphatic imine (C=N–C) groups is 1. The number of primary amides is 1. The number of nitrogens with one attached hydrogen (secondary N) is 1. The molecule has 1 saturated heterocycles. The van der Waals surface area contributed by atoms with Crippen LogP contribution in [0.1, 0.15) is 67.2 Å². The van der Waals surface area contributed by atoms with Crippen LogP contribution in [-0.2, 0) is 36.8 Å². The number of carbonyl (C=O) groups excluding carboxylic acids is 4. The Bertz CT molecular complexity index is 1400. The van der Waals surface area contributed by atoms with Crippen LogP contribution in [0.3, 0.4) is 0 Å². The van der Waals surface area contributed by atoms with Crippen LogP contribution in [0, 0.1) is 31.6 Å². The number of ether oxygens (including phenoxy) is 1. The largest absolute Gasteiger partial charge is 0.508 e. The molecule has 12 nitrogen and oxygen atoms in total. The molecule has 0 bridgehead atoms. The zero-order chi connectivity index (χ0) is 35.2. The van der Waals surface area contributed by atoms with Crippen molar-refractivity contribution in [1.82, 2.24) is 5.32 Å². The van der Waals surface area contributed by atoms with Crippen molar-refractivity contribution in [2.45, 2.75) is 83.7 Å². The minimum atomic E-state index is -0.883. The fourth-order valence-electron chi connectivity index (χ4n) is 6.30. The van der Waals surface area contributed by atoms with Gasteiger partial charge in [-0.25, -0.2) is 0 Å². The van der Waals surface area contributed by atoms with Gasteiger partial charge in [0, 0.05) is 44.4 Å². The van der Waals surface area contributed by atoms with E-state index in [9.17, 15) is 24.3 Å². The van der Waals surface area contributed by atoms with Crippen molar-refractivity contribution < 1.29 is 29.0 Å². The zero-order valence-corrected chi connectivity index (χ0v) is 28.2. The van der Waals surface area contributed by atoms with E-state index < -0.39 is 35.7 Å². The van der Waals surface area contributed by atoms with Crippen LogP contribution < -0.4 is 28.3 Å². The molecule has 48 heavy (non-hydrogen) atoms. The summed E-state index contributed by atoms with van der Waals surface area (Å²) in [5, 5.41) is 13.1. The highest BCUT2D eigenvalue weighted by Gasteiger charge is 2.33. The molecule has 2 amide bonds. The summed E-state index contributed by atoms with van der Waals surface area (Å²) < 4.78 is 5.51. The second-order valence-electron chi connectivity index (χ2n) is 13.0. The van der Waals surface area contributed by atoms with E-state index in [1.807, 2.05) is 44.2 Å². The van der Waals surface area contributed by atoms with Crippen LogP contribution in [0.4, 0.5) is 0 Å². The smallest absolute Gasteiger partial charge is 0.224 e. The highest BCUT2D eigenvalue weighted by molar-refractivity contribution is 5.94. The van der Waals surface area contributed by atoms with Gasteiger partial charge in [0.2, 0.25) is 11.8 Å². The minimum Gasteiger partial charge on any atom is -0.508 e. The van der Waals surface area contributed by atoms with Gasteiger partial charge >= 0.3 is 0 Å². The fourth-order valence-corrected chi connectivity index (χ4v) is 6.30. The average Bonchev–Trinajstić information content (AvgIpc) is 3.04. The third kappa shape index (κ3) is 12.4. The summed E-state index contributed by atoms with van der Waals surface area (Å²) in [7, 11) is 0. The van der Waals surface area contributed by atoms with E-state index in [0.717, 1.165) is 35.1 Å². The molecule has 1 aliphatic rings. The summed E-state index contributed by atoms with van der Waals surface area (Å²) >= 11 is 0. The maximum atomic E-state index is 14.1. The van der Waals surface area contributed by atoms with Crippen LogP contribution in [0.25, 0.3) is 0 Å². The lowest BCUT2D eigenvalue weighted by Crippen LogP contribution is -2.47. The number of guanidine groups is 1. The van der Waals surface area contributed by atoms with Gasteiger partial charge in [-0.05, 0) is 99.1 Å². The normalized spacial score (nSPS) is 15.9. The molecule has 1 fully saturated rings. The minimum absolute atomic E-state index is 0.0432. The Morgan fingerprint density at radius 3 is 2.17 bits per heavy atom. The summed E-state index contributed by atoms with van der Waals surface area (Å²) in [6.45, 7) is 5.13. The van der Waals surface area contributed by atoms with Crippen LogP contribution in [0.2, 0.25) is 0 Å². The Kier molecular flexibility index (Phi) is 15.0. The lowest BCUT2D eigenvalue weighted by molar-refractivity contribution is -0.134. The first kappa shape index (κ1) is 38.2. The predicted molar refractivity (Wildman–Crippen MR) is 185 cm³/mol. The van der Waals surface area contributed by atoms with Crippen molar-refractivity contribution in [3.05, 3.63) is 64.7 Å². The molecule has 0 aliphatic carbocycles. The van der Waals surface area contributed by atoms with E-state index in [1.54, 1.807) is 12.1 Å². The van der Waals surface area contributed by atoms with Gasteiger partial charge < -0.3 is 38.1 Å². The SMILES string of the molecule is Cc1cc(O)cc(C)c1C[C@H](CC(=O)[C@H](N)CCCN=C(N)N)C(=O)N[C@@H](CC1CCOCC1)C(=O)C[C@@H](Cc1ccccc1)C(N)=O. The van der Waals surface area contributed by atoms with Gasteiger partial charge in [-0.1, -0.05) is 30.3 Å². The van der Waals surface area contributed by atoms with Gasteiger partial charge in [0.15, 0.2) is 11.7 Å². The van der Waals surface area contributed by atoms with Crippen LogP contribution in [0.15, 0.2) is 47.5 Å². The number of nitrogens with zero attached hydrogens (tertiary/aromatic N) is 1. The molecule has 1 heterocycles. The predicted octanol–water partition coefficient (Wildman–Crippen LogP) is 2.11.